The van der Waals surface area contributed by atoms with Gasteiger partial charge in [-0.25, -0.2) is 0 Å². The Balaban J connectivity index is 2.07. The van der Waals surface area contributed by atoms with E-state index in [1.807, 2.05) is 12.1 Å². The van der Waals surface area contributed by atoms with Crippen LogP contribution in [0.5, 0.6) is 11.5 Å². The summed E-state index contributed by atoms with van der Waals surface area (Å²) in [6, 6.07) is 5.51. The van der Waals surface area contributed by atoms with Crippen LogP contribution in [0, 0.1) is 5.92 Å². The van der Waals surface area contributed by atoms with Crippen LogP contribution < -0.4 is 9.47 Å². The minimum atomic E-state index is -0.258. The maximum atomic E-state index is 12.4. The quantitative estimate of drug-likeness (QED) is 0.818. The van der Waals surface area contributed by atoms with Crippen LogP contribution in [-0.2, 0) is 16.1 Å². The number of amides is 2. The van der Waals surface area contributed by atoms with Crippen molar-refractivity contribution in [3.63, 3.8) is 0 Å². The van der Waals surface area contributed by atoms with Gasteiger partial charge in [0.1, 0.15) is 11.5 Å². The van der Waals surface area contributed by atoms with Crippen LogP contribution in [0.25, 0.3) is 0 Å². The normalized spacial score (nSPS) is 17.5. The van der Waals surface area contributed by atoms with Gasteiger partial charge in [-0.1, -0.05) is 0 Å². The van der Waals surface area contributed by atoms with E-state index in [0.717, 1.165) is 5.56 Å². The first kappa shape index (κ1) is 16.1. The third kappa shape index (κ3) is 3.32. The van der Waals surface area contributed by atoms with Crippen LogP contribution in [0.15, 0.2) is 18.2 Å². The first-order chi connectivity index (χ1) is 10.5. The zero-order chi connectivity index (χ0) is 16.3. The summed E-state index contributed by atoms with van der Waals surface area (Å²) in [4.78, 5) is 27.2. The van der Waals surface area contributed by atoms with Crippen molar-refractivity contribution < 1.29 is 19.1 Å². The lowest BCUT2D eigenvalue weighted by molar-refractivity contribution is -0.135. The molecule has 1 atom stereocenters. The van der Waals surface area contributed by atoms with Gasteiger partial charge in [0.05, 0.1) is 20.1 Å². The van der Waals surface area contributed by atoms with Crippen LogP contribution in [0.1, 0.15) is 12.0 Å². The van der Waals surface area contributed by atoms with Crippen molar-refractivity contribution in [2.45, 2.75) is 13.0 Å². The summed E-state index contributed by atoms with van der Waals surface area (Å²) in [6.07, 6.45) is 0.291. The number of hydrogen-bond donors (Lipinski definition) is 0. The highest BCUT2D eigenvalue weighted by Gasteiger charge is 2.33. The van der Waals surface area contributed by atoms with E-state index in [1.165, 1.54) is 0 Å². The first-order valence-corrected chi connectivity index (χ1v) is 7.16. The Labute approximate surface area is 130 Å². The summed E-state index contributed by atoms with van der Waals surface area (Å²) >= 11 is 0. The van der Waals surface area contributed by atoms with Crippen molar-refractivity contribution in [2.75, 3.05) is 34.9 Å². The molecule has 1 unspecified atom stereocenters. The molecule has 1 aliphatic rings. The smallest absolute Gasteiger partial charge is 0.228 e. The summed E-state index contributed by atoms with van der Waals surface area (Å²) in [6.45, 7) is 0.919. The number of rotatable bonds is 5. The molecule has 1 saturated heterocycles. The highest BCUT2D eigenvalue weighted by atomic mass is 16.5. The SMILES string of the molecule is COc1ccc(CN(C)C(=O)C2CC(=O)N(C)C2)c(OC)c1. The second kappa shape index (κ2) is 6.68. The van der Waals surface area contributed by atoms with E-state index in [2.05, 4.69) is 0 Å². The minimum Gasteiger partial charge on any atom is -0.497 e. The molecule has 6 heteroatoms. The maximum Gasteiger partial charge on any atom is 0.228 e. The van der Waals surface area contributed by atoms with Gasteiger partial charge in [-0.05, 0) is 12.1 Å². The zero-order valence-corrected chi connectivity index (χ0v) is 13.5. The van der Waals surface area contributed by atoms with Gasteiger partial charge in [-0.3, -0.25) is 9.59 Å². The number of carbonyl (C=O) groups excluding carboxylic acids is 2. The lowest BCUT2D eigenvalue weighted by Gasteiger charge is -2.22. The molecule has 0 radical (unpaired) electrons. The van der Waals surface area contributed by atoms with Gasteiger partial charge < -0.3 is 19.3 Å². The molecule has 22 heavy (non-hydrogen) atoms. The standard InChI is InChI=1S/C16H22N2O4/c1-17-10-12(7-15(17)19)16(20)18(2)9-11-5-6-13(21-3)8-14(11)22-4/h5-6,8,12H,7,9-10H2,1-4H3. The van der Waals surface area contributed by atoms with Crippen LogP contribution in [0.3, 0.4) is 0 Å². The van der Waals surface area contributed by atoms with Gasteiger partial charge in [-0.15, -0.1) is 0 Å². The molecule has 0 aromatic heterocycles. The number of nitrogens with zero attached hydrogens (tertiary/aromatic N) is 2. The van der Waals surface area contributed by atoms with Gasteiger partial charge in [0, 0.05) is 45.2 Å². The van der Waals surface area contributed by atoms with Gasteiger partial charge >= 0.3 is 0 Å². The Bertz CT molecular complexity index is 573. The van der Waals surface area contributed by atoms with Crippen LogP contribution in [0.2, 0.25) is 0 Å². The van der Waals surface area contributed by atoms with Crippen LogP contribution in [0.4, 0.5) is 0 Å². The topological polar surface area (TPSA) is 59.1 Å². The molecular weight excluding hydrogens is 284 g/mol. The number of benzene rings is 1. The van der Waals surface area contributed by atoms with Crippen LogP contribution >= 0.6 is 0 Å². The van der Waals surface area contributed by atoms with Crippen molar-refractivity contribution in [2.24, 2.45) is 5.92 Å². The second-order valence-corrected chi connectivity index (χ2v) is 5.55. The Morgan fingerprint density at radius 2 is 2.09 bits per heavy atom. The van der Waals surface area contributed by atoms with E-state index in [9.17, 15) is 9.59 Å². The molecule has 2 rings (SSSR count). The molecule has 6 nitrogen and oxygen atoms in total. The molecule has 1 aromatic carbocycles. The van der Waals surface area contributed by atoms with Gasteiger partial charge in [0.2, 0.25) is 11.8 Å². The van der Waals surface area contributed by atoms with Crippen molar-refractivity contribution in [1.82, 2.24) is 9.80 Å². The summed E-state index contributed by atoms with van der Waals surface area (Å²) < 4.78 is 10.5. The van der Waals surface area contributed by atoms with Crippen LogP contribution in [-0.4, -0.2) is 56.5 Å². The van der Waals surface area contributed by atoms with E-state index >= 15 is 0 Å². The summed E-state index contributed by atoms with van der Waals surface area (Å²) in [5, 5.41) is 0. The minimum absolute atomic E-state index is 0.0180. The first-order valence-electron chi connectivity index (χ1n) is 7.16. The molecule has 2 amide bonds. The molecule has 1 aliphatic heterocycles. The van der Waals surface area contributed by atoms with E-state index in [-0.39, 0.29) is 17.7 Å². The number of carbonyl (C=O) groups is 2. The molecule has 1 aromatic rings. The third-order valence-electron chi connectivity index (χ3n) is 3.97. The fourth-order valence-electron chi connectivity index (χ4n) is 2.66. The number of methoxy groups -OCH3 is 2. The predicted octanol–water partition coefficient (Wildman–Crippen LogP) is 1.14. The molecule has 1 heterocycles. The predicted molar refractivity (Wildman–Crippen MR) is 81.8 cm³/mol. The van der Waals surface area contributed by atoms with E-state index in [4.69, 9.17) is 9.47 Å². The molecule has 0 bridgehead atoms. The van der Waals surface area contributed by atoms with E-state index in [1.54, 1.807) is 44.2 Å². The van der Waals surface area contributed by atoms with Crippen molar-refractivity contribution >= 4 is 11.8 Å². The Morgan fingerprint density at radius 3 is 2.64 bits per heavy atom. The van der Waals surface area contributed by atoms with Gasteiger partial charge in [-0.2, -0.15) is 0 Å². The van der Waals surface area contributed by atoms with E-state index < -0.39 is 0 Å². The highest BCUT2D eigenvalue weighted by Crippen LogP contribution is 2.26. The third-order valence-corrected chi connectivity index (χ3v) is 3.97. The molecule has 120 valence electrons. The fourth-order valence-corrected chi connectivity index (χ4v) is 2.66. The maximum absolute atomic E-state index is 12.4. The molecular formula is C16H22N2O4. The molecule has 0 spiro atoms. The molecule has 1 fully saturated rings. The highest BCUT2D eigenvalue weighted by molar-refractivity contribution is 5.89. The summed E-state index contributed by atoms with van der Waals surface area (Å²) in [5.41, 5.74) is 0.900. The van der Waals surface area contributed by atoms with Crippen molar-refractivity contribution in [3.8, 4) is 11.5 Å². The average Bonchev–Trinajstić information content (AvgIpc) is 2.86. The zero-order valence-electron chi connectivity index (χ0n) is 13.5. The molecule has 0 aliphatic carbocycles. The van der Waals surface area contributed by atoms with Crippen molar-refractivity contribution in [1.29, 1.82) is 0 Å². The largest absolute Gasteiger partial charge is 0.497 e. The lowest BCUT2D eigenvalue weighted by Crippen LogP contribution is -2.33. The summed E-state index contributed by atoms with van der Waals surface area (Å²) in [7, 11) is 6.65. The average molecular weight is 306 g/mol. The summed E-state index contributed by atoms with van der Waals surface area (Å²) in [5.74, 6) is 1.13. The van der Waals surface area contributed by atoms with Gasteiger partial charge in [0.25, 0.3) is 0 Å². The number of ether oxygens (including phenoxy) is 2. The van der Waals surface area contributed by atoms with E-state index in [0.29, 0.717) is 31.0 Å². The second-order valence-electron chi connectivity index (χ2n) is 5.55. The fraction of sp³-hybridized carbons (Fsp3) is 0.500. The van der Waals surface area contributed by atoms with Crippen molar-refractivity contribution in [3.05, 3.63) is 23.8 Å². The number of likely N-dealkylation sites (tertiary alicyclic amines) is 1. The van der Waals surface area contributed by atoms with Gasteiger partial charge in [0.15, 0.2) is 0 Å². The monoisotopic (exact) mass is 306 g/mol. The Morgan fingerprint density at radius 1 is 1.36 bits per heavy atom. The Kier molecular flexibility index (Phi) is 4.90. The lowest BCUT2D eigenvalue weighted by atomic mass is 10.1. The molecule has 0 N–H and O–H groups in total. The molecule has 0 saturated carbocycles. The number of hydrogen-bond acceptors (Lipinski definition) is 4. The Hall–Kier alpha value is -2.24.